The molecular weight excluding hydrogens is 261 g/mol. The van der Waals surface area contributed by atoms with E-state index in [1.54, 1.807) is 0 Å². The Balaban J connectivity index is 0.00000256. The van der Waals surface area contributed by atoms with Crippen molar-refractivity contribution in [2.45, 2.75) is 32.2 Å². The fraction of sp³-hybridized carbons (Fsp3) is 0.417. The summed E-state index contributed by atoms with van der Waals surface area (Å²) in [6.07, 6.45) is 2.10. The highest BCUT2D eigenvalue weighted by Crippen LogP contribution is 2.17. The van der Waals surface area contributed by atoms with E-state index in [1.807, 2.05) is 25.1 Å². The third kappa shape index (κ3) is 5.39. The normalized spacial score (nSPS) is 11.7. The van der Waals surface area contributed by atoms with Crippen molar-refractivity contribution in [3.8, 4) is 0 Å². The monoisotopic (exact) mass is 277 g/mol. The molecule has 0 saturated carbocycles. The minimum atomic E-state index is -0.938. The number of nitrogens with two attached hydrogens (primary N) is 1. The van der Waals surface area contributed by atoms with Crippen molar-refractivity contribution in [3.05, 3.63) is 34.3 Å². The van der Waals surface area contributed by atoms with Crippen LogP contribution in [0.5, 0.6) is 0 Å². The highest BCUT2D eigenvalue weighted by Gasteiger charge is 2.10. The maximum Gasteiger partial charge on any atom is 0.320 e. The Hall–Kier alpha value is -0.770. The second-order valence-electron chi connectivity index (χ2n) is 3.92. The lowest BCUT2D eigenvalue weighted by molar-refractivity contribution is -0.138. The quantitative estimate of drug-likeness (QED) is 0.870. The zero-order chi connectivity index (χ0) is 12.1. The van der Waals surface area contributed by atoms with Gasteiger partial charge in [-0.15, -0.1) is 12.4 Å². The fourth-order valence-corrected chi connectivity index (χ4v) is 1.63. The number of aryl methyl sites for hydroxylation is 2. The SMILES string of the molecule is Cc1cc(CCCC(N)C(=O)O)ccc1Cl.Cl. The first kappa shape index (κ1) is 16.2. The number of rotatable bonds is 5. The molecule has 0 fully saturated rings. The Kier molecular flexibility index (Phi) is 7.19. The van der Waals surface area contributed by atoms with Gasteiger partial charge in [0.1, 0.15) is 6.04 Å². The average Bonchev–Trinajstić information content (AvgIpc) is 2.23. The summed E-state index contributed by atoms with van der Waals surface area (Å²) in [7, 11) is 0. The molecule has 0 aliphatic rings. The molecule has 0 aliphatic carbocycles. The van der Waals surface area contributed by atoms with Crippen LogP contribution < -0.4 is 5.73 Å². The summed E-state index contributed by atoms with van der Waals surface area (Å²) in [4.78, 5) is 10.5. The molecule has 0 aliphatic heterocycles. The number of hydrogen-bond acceptors (Lipinski definition) is 2. The highest BCUT2D eigenvalue weighted by molar-refractivity contribution is 6.31. The van der Waals surface area contributed by atoms with E-state index >= 15 is 0 Å². The largest absolute Gasteiger partial charge is 0.480 e. The molecule has 0 spiro atoms. The summed E-state index contributed by atoms with van der Waals surface area (Å²) < 4.78 is 0. The number of halogens is 2. The van der Waals surface area contributed by atoms with Crippen LogP contribution in [0, 0.1) is 6.92 Å². The number of benzene rings is 1. The maximum atomic E-state index is 10.5. The van der Waals surface area contributed by atoms with Crippen molar-refractivity contribution in [1.29, 1.82) is 0 Å². The second-order valence-corrected chi connectivity index (χ2v) is 4.33. The Morgan fingerprint density at radius 1 is 1.53 bits per heavy atom. The lowest BCUT2D eigenvalue weighted by Gasteiger charge is -2.07. The van der Waals surface area contributed by atoms with Gasteiger partial charge in [-0.25, -0.2) is 0 Å². The van der Waals surface area contributed by atoms with Crippen LogP contribution >= 0.6 is 24.0 Å². The van der Waals surface area contributed by atoms with E-state index in [4.69, 9.17) is 22.4 Å². The van der Waals surface area contributed by atoms with Crippen LogP contribution in [0.2, 0.25) is 5.02 Å². The molecule has 17 heavy (non-hydrogen) atoms. The Morgan fingerprint density at radius 2 is 2.18 bits per heavy atom. The third-order valence-corrected chi connectivity index (χ3v) is 2.94. The van der Waals surface area contributed by atoms with E-state index in [2.05, 4.69) is 0 Å². The van der Waals surface area contributed by atoms with Gasteiger partial charge in [0.2, 0.25) is 0 Å². The van der Waals surface area contributed by atoms with Crippen molar-refractivity contribution in [1.82, 2.24) is 0 Å². The molecule has 1 aromatic carbocycles. The van der Waals surface area contributed by atoms with Gasteiger partial charge in [-0.2, -0.15) is 0 Å². The second kappa shape index (κ2) is 7.54. The molecule has 1 rings (SSSR count). The van der Waals surface area contributed by atoms with Crippen molar-refractivity contribution in [2.24, 2.45) is 5.73 Å². The zero-order valence-electron chi connectivity index (χ0n) is 9.65. The molecule has 0 aromatic heterocycles. The average molecular weight is 278 g/mol. The number of aliphatic carboxylic acids is 1. The van der Waals surface area contributed by atoms with E-state index in [0.29, 0.717) is 6.42 Å². The summed E-state index contributed by atoms with van der Waals surface area (Å²) in [6.45, 7) is 1.95. The molecular formula is C12H17Cl2NO2. The van der Waals surface area contributed by atoms with Gasteiger partial charge >= 0.3 is 5.97 Å². The first-order valence-electron chi connectivity index (χ1n) is 5.24. The lowest BCUT2D eigenvalue weighted by Crippen LogP contribution is -2.29. The minimum Gasteiger partial charge on any atom is -0.480 e. The Bertz CT molecular complexity index is 383. The molecule has 96 valence electrons. The van der Waals surface area contributed by atoms with Crippen LogP contribution in [0.4, 0.5) is 0 Å². The molecule has 0 saturated heterocycles. The van der Waals surface area contributed by atoms with Crippen LogP contribution in [0.25, 0.3) is 0 Å². The van der Waals surface area contributed by atoms with Gasteiger partial charge in [0.25, 0.3) is 0 Å². The van der Waals surface area contributed by atoms with Crippen LogP contribution in [0.1, 0.15) is 24.0 Å². The minimum absolute atomic E-state index is 0. The number of carbonyl (C=O) groups is 1. The number of carboxylic acid groups (broad SMARTS) is 1. The molecule has 1 unspecified atom stereocenters. The van der Waals surface area contributed by atoms with Gasteiger partial charge in [-0.05, 0) is 43.4 Å². The van der Waals surface area contributed by atoms with Gasteiger partial charge in [0, 0.05) is 5.02 Å². The topological polar surface area (TPSA) is 63.3 Å². The molecule has 3 nitrogen and oxygen atoms in total. The predicted molar refractivity (Wildman–Crippen MR) is 72.0 cm³/mol. The molecule has 0 amide bonds. The molecule has 0 heterocycles. The Labute approximate surface area is 112 Å². The molecule has 0 bridgehead atoms. The standard InChI is InChI=1S/C12H16ClNO2.ClH/c1-8-7-9(5-6-10(8)13)3-2-4-11(14)12(15)16;/h5-7,11H,2-4,14H2,1H3,(H,15,16);1H. The van der Waals surface area contributed by atoms with Crippen molar-refractivity contribution in [3.63, 3.8) is 0 Å². The van der Waals surface area contributed by atoms with Gasteiger partial charge in [0.05, 0.1) is 0 Å². The molecule has 0 radical (unpaired) electrons. The summed E-state index contributed by atoms with van der Waals surface area (Å²) in [5, 5.41) is 9.37. The van der Waals surface area contributed by atoms with E-state index in [0.717, 1.165) is 23.4 Å². The number of carboxylic acids is 1. The molecule has 3 N–H and O–H groups in total. The summed E-state index contributed by atoms with van der Waals surface area (Å²) >= 11 is 5.91. The van der Waals surface area contributed by atoms with Crippen LogP contribution in [-0.4, -0.2) is 17.1 Å². The summed E-state index contributed by atoms with van der Waals surface area (Å²) in [5.74, 6) is -0.938. The fourth-order valence-electron chi connectivity index (χ4n) is 1.51. The van der Waals surface area contributed by atoms with Crippen LogP contribution in [0.15, 0.2) is 18.2 Å². The van der Waals surface area contributed by atoms with Crippen LogP contribution in [-0.2, 0) is 11.2 Å². The first-order chi connectivity index (χ1) is 7.50. The van der Waals surface area contributed by atoms with Crippen molar-refractivity contribution >= 4 is 30.0 Å². The summed E-state index contributed by atoms with van der Waals surface area (Å²) in [5.41, 5.74) is 7.62. The van der Waals surface area contributed by atoms with E-state index in [1.165, 1.54) is 5.56 Å². The van der Waals surface area contributed by atoms with Crippen LogP contribution in [0.3, 0.4) is 0 Å². The summed E-state index contributed by atoms with van der Waals surface area (Å²) in [6, 6.07) is 5.09. The van der Waals surface area contributed by atoms with E-state index in [9.17, 15) is 4.79 Å². The van der Waals surface area contributed by atoms with Gasteiger partial charge < -0.3 is 10.8 Å². The molecule has 5 heteroatoms. The highest BCUT2D eigenvalue weighted by atomic mass is 35.5. The van der Waals surface area contributed by atoms with Crippen molar-refractivity contribution in [2.75, 3.05) is 0 Å². The zero-order valence-corrected chi connectivity index (χ0v) is 11.2. The van der Waals surface area contributed by atoms with Gasteiger partial charge in [0.15, 0.2) is 0 Å². The maximum absolute atomic E-state index is 10.5. The van der Waals surface area contributed by atoms with Crippen molar-refractivity contribution < 1.29 is 9.90 Å². The smallest absolute Gasteiger partial charge is 0.320 e. The first-order valence-corrected chi connectivity index (χ1v) is 5.62. The van der Waals surface area contributed by atoms with E-state index in [-0.39, 0.29) is 12.4 Å². The number of hydrogen-bond donors (Lipinski definition) is 2. The molecule has 1 atom stereocenters. The van der Waals surface area contributed by atoms with E-state index < -0.39 is 12.0 Å². The lowest BCUT2D eigenvalue weighted by atomic mass is 10.0. The van der Waals surface area contributed by atoms with Gasteiger partial charge in [-0.1, -0.05) is 23.7 Å². The van der Waals surface area contributed by atoms with Gasteiger partial charge in [-0.3, -0.25) is 4.79 Å². The predicted octanol–water partition coefficient (Wildman–Crippen LogP) is 2.80. The Morgan fingerprint density at radius 3 is 2.71 bits per heavy atom. The molecule has 1 aromatic rings. The third-order valence-electron chi connectivity index (χ3n) is 2.52.